The number of guanidine groups is 1. The highest BCUT2D eigenvalue weighted by atomic mass is 79.9. The first-order valence-corrected chi connectivity index (χ1v) is 8.08. The Bertz CT molecular complexity index is 605. The number of nitrogens with zero attached hydrogens (tertiary/aromatic N) is 4. The summed E-state index contributed by atoms with van der Waals surface area (Å²) in [4.78, 5) is 12.4. The summed E-state index contributed by atoms with van der Waals surface area (Å²) in [5.74, 6) is 0.541. The molecule has 0 aliphatic carbocycles. The first-order chi connectivity index (χ1) is 11.5. The summed E-state index contributed by atoms with van der Waals surface area (Å²) < 4.78 is 4.99. The predicted molar refractivity (Wildman–Crippen MR) is 122 cm³/mol. The Morgan fingerprint density at radius 1 is 1.44 bits per heavy atom. The van der Waals surface area contributed by atoms with Crippen LogP contribution in [-0.2, 0) is 0 Å². The zero-order valence-electron chi connectivity index (χ0n) is 15.1. The van der Waals surface area contributed by atoms with Crippen molar-refractivity contribution in [1.82, 2.24) is 9.91 Å². The van der Waals surface area contributed by atoms with E-state index < -0.39 is 4.92 Å². The monoisotopic (exact) mass is 576 g/mol. The Hall–Kier alpha value is -0.980. The van der Waals surface area contributed by atoms with Gasteiger partial charge in [-0.05, 0) is 50.9 Å². The second-order valence-electron chi connectivity index (χ2n) is 6.06. The van der Waals surface area contributed by atoms with Gasteiger partial charge in [-0.2, -0.15) is 5.10 Å². The van der Waals surface area contributed by atoms with Crippen molar-refractivity contribution in [3.8, 4) is 0 Å². The van der Waals surface area contributed by atoms with Crippen LogP contribution in [0, 0.1) is 21.4 Å². The van der Waals surface area contributed by atoms with Crippen molar-refractivity contribution < 1.29 is 9.34 Å². The molecule has 0 amide bonds. The van der Waals surface area contributed by atoms with E-state index in [4.69, 9.17) is 15.6 Å². The average Bonchev–Trinajstić information content (AvgIpc) is 3.01. The Morgan fingerprint density at radius 2 is 2.07 bits per heavy atom. The van der Waals surface area contributed by atoms with E-state index in [0.29, 0.717) is 6.54 Å². The van der Waals surface area contributed by atoms with Crippen molar-refractivity contribution in [1.29, 1.82) is 5.41 Å². The fraction of sp³-hybridized carbons (Fsp3) is 0.600. The highest BCUT2D eigenvalue weighted by Crippen LogP contribution is 2.16. The molecule has 0 saturated carbocycles. The summed E-state index contributed by atoms with van der Waals surface area (Å²) >= 11 is 0. The van der Waals surface area contributed by atoms with Gasteiger partial charge in [0.05, 0.1) is 12.3 Å². The zero-order valence-corrected chi connectivity index (χ0v) is 20.2. The molecule has 27 heavy (non-hydrogen) atoms. The molecule has 9 nitrogen and oxygen atoms in total. The molecule has 0 radical (unpaired) electrons. The van der Waals surface area contributed by atoms with Crippen molar-refractivity contribution in [3.05, 3.63) is 28.0 Å². The van der Waals surface area contributed by atoms with Gasteiger partial charge in [0.25, 0.3) is 0 Å². The molecule has 1 fully saturated rings. The molecule has 0 unspecified atom stereocenters. The highest BCUT2D eigenvalue weighted by molar-refractivity contribution is 8.93. The number of nitro groups is 1. The van der Waals surface area contributed by atoms with E-state index in [2.05, 4.69) is 16.9 Å². The van der Waals surface area contributed by atoms with Gasteiger partial charge in [0.1, 0.15) is 4.92 Å². The molecule has 2 heterocycles. The van der Waals surface area contributed by atoms with Crippen LogP contribution in [0.15, 0.2) is 21.7 Å². The molecule has 1 aromatic heterocycles. The van der Waals surface area contributed by atoms with Crippen molar-refractivity contribution in [3.63, 3.8) is 0 Å². The van der Waals surface area contributed by atoms with Crippen LogP contribution in [0.3, 0.4) is 0 Å². The van der Waals surface area contributed by atoms with Gasteiger partial charge in [0.2, 0.25) is 5.96 Å². The SMILES string of the molecule is Br.Br.Br.CC1CCN(CCCN(/N=C\c2ccc([N+](=O)[O-])o2)C(=N)N)CC1. The number of piperidine rings is 1. The van der Waals surface area contributed by atoms with Crippen LogP contribution in [0.4, 0.5) is 5.88 Å². The maximum Gasteiger partial charge on any atom is 0.433 e. The van der Waals surface area contributed by atoms with Crippen LogP contribution >= 0.6 is 50.9 Å². The summed E-state index contributed by atoms with van der Waals surface area (Å²) in [5.41, 5.74) is 5.53. The number of furan rings is 1. The Morgan fingerprint density at radius 3 is 2.59 bits per heavy atom. The molecular weight excluding hydrogens is 552 g/mol. The second kappa shape index (κ2) is 14.1. The van der Waals surface area contributed by atoms with E-state index in [-0.39, 0.29) is 68.5 Å². The predicted octanol–water partition coefficient (Wildman–Crippen LogP) is 3.57. The van der Waals surface area contributed by atoms with Gasteiger partial charge >= 0.3 is 5.88 Å². The minimum atomic E-state index is -0.612. The number of rotatable bonds is 7. The molecule has 0 atom stereocenters. The number of nitrogens with one attached hydrogen (secondary N) is 1. The van der Waals surface area contributed by atoms with Crippen LogP contribution < -0.4 is 5.73 Å². The smallest absolute Gasteiger partial charge is 0.400 e. The van der Waals surface area contributed by atoms with Gasteiger partial charge in [0, 0.05) is 6.54 Å². The van der Waals surface area contributed by atoms with E-state index >= 15 is 0 Å². The first kappa shape index (κ1) is 28.2. The zero-order chi connectivity index (χ0) is 17.5. The lowest BCUT2D eigenvalue weighted by molar-refractivity contribution is -0.402. The highest BCUT2D eigenvalue weighted by Gasteiger charge is 2.16. The van der Waals surface area contributed by atoms with Crippen molar-refractivity contribution in [2.24, 2.45) is 16.8 Å². The molecule has 12 heteroatoms. The summed E-state index contributed by atoms with van der Waals surface area (Å²) in [6.45, 7) is 5.96. The summed E-state index contributed by atoms with van der Waals surface area (Å²) in [5, 5.41) is 23.6. The van der Waals surface area contributed by atoms with E-state index in [0.717, 1.165) is 32.0 Å². The Balaban J connectivity index is 0. The lowest BCUT2D eigenvalue weighted by Crippen LogP contribution is -2.37. The summed E-state index contributed by atoms with van der Waals surface area (Å²) in [6.07, 6.45) is 4.62. The van der Waals surface area contributed by atoms with Gasteiger partial charge in [-0.25, -0.2) is 5.01 Å². The first-order valence-electron chi connectivity index (χ1n) is 8.08. The fourth-order valence-corrected chi connectivity index (χ4v) is 2.61. The second-order valence-corrected chi connectivity index (χ2v) is 6.06. The third kappa shape index (κ3) is 9.67. The van der Waals surface area contributed by atoms with E-state index in [1.165, 1.54) is 36.2 Å². The van der Waals surface area contributed by atoms with Crippen molar-refractivity contribution in [2.75, 3.05) is 26.2 Å². The molecule has 3 N–H and O–H groups in total. The number of hydrazone groups is 1. The van der Waals surface area contributed by atoms with Gasteiger partial charge in [0.15, 0.2) is 5.76 Å². The molecule has 1 aliphatic heterocycles. The van der Waals surface area contributed by atoms with Crippen LogP contribution in [0.25, 0.3) is 0 Å². The summed E-state index contributed by atoms with van der Waals surface area (Å²) in [6, 6.07) is 2.71. The number of nitrogens with two attached hydrogens (primary N) is 1. The standard InChI is InChI=1S/C15H24N6O3.3BrH/c1-12-5-9-19(10-6-12)7-2-8-20(15(16)17)18-11-13-3-4-14(24-13)21(22)23;;;/h3-4,11-12H,2,5-10H2,1H3,(H3,16,17);3*1H/b18-11-;;;. The normalized spacial score (nSPS) is 14.7. The topological polar surface area (TPSA) is 125 Å². The lowest BCUT2D eigenvalue weighted by Gasteiger charge is -2.30. The molecule has 0 aromatic carbocycles. The molecule has 1 saturated heterocycles. The summed E-state index contributed by atoms with van der Waals surface area (Å²) in [7, 11) is 0. The van der Waals surface area contributed by atoms with E-state index in [1.54, 1.807) is 0 Å². The van der Waals surface area contributed by atoms with Gasteiger partial charge < -0.3 is 15.1 Å². The number of hydrogen-bond donors (Lipinski definition) is 2. The number of likely N-dealkylation sites (tertiary alicyclic amines) is 1. The molecule has 0 bridgehead atoms. The number of halogens is 3. The van der Waals surface area contributed by atoms with Crippen LogP contribution in [0.2, 0.25) is 0 Å². The Labute approximate surface area is 190 Å². The van der Waals surface area contributed by atoms with Crippen molar-refractivity contribution in [2.45, 2.75) is 26.2 Å². The maximum atomic E-state index is 10.6. The van der Waals surface area contributed by atoms with Crippen LogP contribution in [0.5, 0.6) is 0 Å². The molecule has 0 spiro atoms. The lowest BCUT2D eigenvalue weighted by atomic mass is 9.99. The maximum absolute atomic E-state index is 10.6. The molecule has 2 rings (SSSR count). The van der Waals surface area contributed by atoms with Crippen LogP contribution in [-0.4, -0.2) is 53.2 Å². The van der Waals surface area contributed by atoms with Crippen molar-refractivity contribution >= 4 is 69.0 Å². The van der Waals surface area contributed by atoms with E-state index in [9.17, 15) is 10.1 Å². The fourth-order valence-electron chi connectivity index (χ4n) is 2.61. The minimum Gasteiger partial charge on any atom is -0.400 e. The third-order valence-electron chi connectivity index (χ3n) is 4.12. The molecule has 156 valence electrons. The third-order valence-corrected chi connectivity index (χ3v) is 4.12. The number of hydrogen-bond acceptors (Lipinski definition) is 6. The molecular formula is C15H27Br3N6O3. The van der Waals surface area contributed by atoms with Gasteiger partial charge in [-0.3, -0.25) is 15.5 Å². The average molecular weight is 579 g/mol. The van der Waals surface area contributed by atoms with Gasteiger partial charge in [-0.1, -0.05) is 6.92 Å². The van der Waals surface area contributed by atoms with Crippen LogP contribution in [0.1, 0.15) is 31.9 Å². The molecule has 1 aromatic rings. The van der Waals surface area contributed by atoms with E-state index in [1.807, 2.05) is 0 Å². The quantitative estimate of drug-likeness (QED) is 0.220. The van der Waals surface area contributed by atoms with Gasteiger partial charge in [-0.15, -0.1) is 50.9 Å². The molecule has 1 aliphatic rings. The largest absolute Gasteiger partial charge is 0.433 e. The Kier molecular flexibility index (Phi) is 14.7. The minimum absolute atomic E-state index is 0.